The van der Waals surface area contributed by atoms with E-state index in [0.717, 1.165) is 12.1 Å². The lowest BCUT2D eigenvalue weighted by atomic mass is 9.80. The minimum atomic E-state index is -0.775. The average Bonchev–Trinajstić information content (AvgIpc) is 2.42. The molecule has 1 fully saturated rings. The maximum absolute atomic E-state index is 12.0. The fourth-order valence-corrected chi connectivity index (χ4v) is 2.33. The molecule has 1 amide bonds. The van der Waals surface area contributed by atoms with Crippen molar-refractivity contribution in [3.63, 3.8) is 0 Å². The third kappa shape index (κ3) is 6.07. The van der Waals surface area contributed by atoms with Crippen LogP contribution in [0.3, 0.4) is 0 Å². The highest BCUT2D eigenvalue weighted by Gasteiger charge is 2.35. The van der Waals surface area contributed by atoms with Crippen LogP contribution in [0.2, 0.25) is 0 Å². The Kier molecular flexibility index (Phi) is 7.21. The fourth-order valence-electron chi connectivity index (χ4n) is 2.33. The number of hydrogen-bond donors (Lipinski definition) is 3. The highest BCUT2D eigenvalue weighted by atomic mass is 16.4. The maximum Gasteiger partial charge on any atom is 0.306 e. The summed E-state index contributed by atoms with van der Waals surface area (Å²) >= 11 is 0. The number of carbonyl (C=O) groups is 3. The topological polar surface area (TPSA) is 107 Å². The molecule has 23 heavy (non-hydrogen) atoms. The number of carboxylic acids is 1. The molecule has 1 aliphatic carbocycles. The van der Waals surface area contributed by atoms with Crippen LogP contribution in [0.5, 0.6) is 0 Å². The minimum absolute atomic E-state index is 0.00921. The van der Waals surface area contributed by atoms with Gasteiger partial charge in [0.15, 0.2) is 0 Å². The lowest BCUT2D eigenvalue weighted by Crippen LogP contribution is -2.46. The summed E-state index contributed by atoms with van der Waals surface area (Å²) in [7, 11) is 3.99. The molecular formula is C16H22N2O5. The molecule has 0 spiro atoms. The van der Waals surface area contributed by atoms with Crippen LogP contribution in [-0.2, 0) is 16.1 Å². The van der Waals surface area contributed by atoms with Gasteiger partial charge < -0.3 is 20.4 Å². The number of carbonyl (C=O) groups excluding carboxylic acids is 1. The molecule has 0 radical (unpaired) electrons. The number of carboxylic acid groups (broad SMARTS) is 2. The summed E-state index contributed by atoms with van der Waals surface area (Å²) in [5.74, 6) is -1.21. The van der Waals surface area contributed by atoms with Crippen molar-refractivity contribution in [3.05, 3.63) is 35.4 Å². The van der Waals surface area contributed by atoms with Crippen LogP contribution in [0.1, 0.15) is 28.8 Å². The van der Waals surface area contributed by atoms with Crippen LogP contribution < -0.4 is 5.32 Å². The predicted molar refractivity (Wildman–Crippen MR) is 84.1 cm³/mol. The van der Waals surface area contributed by atoms with Crippen molar-refractivity contribution < 1.29 is 24.6 Å². The minimum Gasteiger partial charge on any atom is -0.483 e. The van der Waals surface area contributed by atoms with Crippen LogP contribution in [0.4, 0.5) is 0 Å². The molecule has 2 rings (SSSR count). The number of benzene rings is 1. The van der Waals surface area contributed by atoms with Gasteiger partial charge in [0.05, 0.1) is 5.92 Å². The molecule has 7 heteroatoms. The van der Waals surface area contributed by atoms with E-state index in [1.54, 1.807) is 0 Å². The highest BCUT2D eigenvalue weighted by Crippen LogP contribution is 2.27. The number of amides is 1. The summed E-state index contributed by atoms with van der Waals surface area (Å²) < 4.78 is 0. The summed E-state index contributed by atoms with van der Waals surface area (Å²) in [4.78, 5) is 33.1. The Bertz CT molecular complexity index is 536. The van der Waals surface area contributed by atoms with Crippen LogP contribution in [0.25, 0.3) is 0 Å². The van der Waals surface area contributed by atoms with Gasteiger partial charge in [-0.1, -0.05) is 12.1 Å². The first-order valence-corrected chi connectivity index (χ1v) is 7.22. The molecule has 1 saturated carbocycles. The van der Waals surface area contributed by atoms with Crippen molar-refractivity contribution in [2.24, 2.45) is 5.92 Å². The zero-order valence-corrected chi connectivity index (χ0v) is 13.2. The SMILES string of the molecule is CN(C)Cc1ccc(C(=O)NC2CC(C(=O)O)C2)cc1.O=CO. The van der Waals surface area contributed by atoms with Gasteiger partial charge in [0.25, 0.3) is 12.4 Å². The van der Waals surface area contributed by atoms with Gasteiger partial charge in [-0.3, -0.25) is 14.4 Å². The van der Waals surface area contributed by atoms with E-state index in [0.29, 0.717) is 18.4 Å². The third-order valence-electron chi connectivity index (χ3n) is 3.54. The molecule has 0 atom stereocenters. The van der Waals surface area contributed by atoms with Gasteiger partial charge in [-0.05, 0) is 44.6 Å². The molecule has 1 aliphatic rings. The number of aliphatic carboxylic acids is 1. The predicted octanol–water partition coefficient (Wildman–Crippen LogP) is 1.04. The van der Waals surface area contributed by atoms with E-state index in [2.05, 4.69) is 10.2 Å². The van der Waals surface area contributed by atoms with E-state index in [1.807, 2.05) is 38.4 Å². The molecule has 0 aliphatic heterocycles. The van der Waals surface area contributed by atoms with Crippen LogP contribution >= 0.6 is 0 Å². The van der Waals surface area contributed by atoms with Gasteiger partial charge in [-0.15, -0.1) is 0 Å². The first-order valence-electron chi connectivity index (χ1n) is 7.22. The lowest BCUT2D eigenvalue weighted by Gasteiger charge is -2.32. The van der Waals surface area contributed by atoms with E-state index in [9.17, 15) is 9.59 Å². The van der Waals surface area contributed by atoms with Crippen molar-refractivity contribution in [2.45, 2.75) is 25.4 Å². The van der Waals surface area contributed by atoms with E-state index < -0.39 is 5.97 Å². The van der Waals surface area contributed by atoms with E-state index in [4.69, 9.17) is 15.0 Å². The van der Waals surface area contributed by atoms with Crippen molar-refractivity contribution in [1.29, 1.82) is 0 Å². The van der Waals surface area contributed by atoms with Gasteiger partial charge in [0, 0.05) is 18.2 Å². The zero-order valence-electron chi connectivity index (χ0n) is 13.2. The molecule has 0 saturated heterocycles. The first-order chi connectivity index (χ1) is 10.9. The standard InChI is InChI=1S/C15H20N2O3.CH2O2/c1-17(2)9-10-3-5-11(6-4-10)14(18)16-13-7-12(8-13)15(19)20;2-1-3/h3-6,12-13H,7-9H2,1-2H3,(H,16,18)(H,19,20);1H,(H,2,3). The van der Waals surface area contributed by atoms with Crippen molar-refractivity contribution in [3.8, 4) is 0 Å². The van der Waals surface area contributed by atoms with Gasteiger partial charge in [-0.2, -0.15) is 0 Å². The summed E-state index contributed by atoms with van der Waals surface area (Å²) in [5.41, 5.74) is 1.77. The molecule has 0 unspecified atom stereocenters. The van der Waals surface area contributed by atoms with Crippen LogP contribution in [0, 0.1) is 5.92 Å². The van der Waals surface area contributed by atoms with Gasteiger partial charge in [-0.25, -0.2) is 0 Å². The Morgan fingerprint density at radius 2 is 1.78 bits per heavy atom. The van der Waals surface area contributed by atoms with E-state index >= 15 is 0 Å². The Morgan fingerprint density at radius 1 is 1.26 bits per heavy atom. The smallest absolute Gasteiger partial charge is 0.306 e. The van der Waals surface area contributed by atoms with Crippen molar-refractivity contribution >= 4 is 18.3 Å². The Labute approximate surface area is 134 Å². The Balaban J connectivity index is 0.000000816. The number of nitrogens with one attached hydrogen (secondary N) is 1. The molecule has 7 nitrogen and oxygen atoms in total. The first kappa shape index (κ1) is 18.6. The van der Waals surface area contributed by atoms with E-state index in [-0.39, 0.29) is 24.3 Å². The largest absolute Gasteiger partial charge is 0.483 e. The molecule has 0 aromatic heterocycles. The quantitative estimate of drug-likeness (QED) is 0.699. The Morgan fingerprint density at radius 3 is 2.22 bits per heavy atom. The van der Waals surface area contributed by atoms with Gasteiger partial charge in [0.2, 0.25) is 0 Å². The molecular weight excluding hydrogens is 300 g/mol. The second-order valence-electron chi connectivity index (χ2n) is 5.72. The number of hydrogen-bond acceptors (Lipinski definition) is 4. The Hall–Kier alpha value is -2.41. The van der Waals surface area contributed by atoms with E-state index in [1.165, 1.54) is 0 Å². The number of nitrogens with zero attached hydrogens (tertiary/aromatic N) is 1. The van der Waals surface area contributed by atoms with Crippen LogP contribution in [0.15, 0.2) is 24.3 Å². The summed E-state index contributed by atoms with van der Waals surface area (Å²) in [6, 6.07) is 7.49. The number of rotatable bonds is 5. The average molecular weight is 322 g/mol. The van der Waals surface area contributed by atoms with Crippen LogP contribution in [-0.4, -0.2) is 53.6 Å². The summed E-state index contributed by atoms with van der Waals surface area (Å²) in [6.45, 7) is 0.588. The molecule has 126 valence electrons. The summed E-state index contributed by atoms with van der Waals surface area (Å²) in [6.07, 6.45) is 1.06. The molecule has 0 bridgehead atoms. The second-order valence-corrected chi connectivity index (χ2v) is 5.72. The molecule has 0 heterocycles. The monoisotopic (exact) mass is 322 g/mol. The highest BCUT2D eigenvalue weighted by molar-refractivity contribution is 5.94. The lowest BCUT2D eigenvalue weighted by molar-refractivity contribution is -0.145. The zero-order chi connectivity index (χ0) is 17.4. The summed E-state index contributed by atoms with van der Waals surface area (Å²) in [5, 5.41) is 18.5. The fraction of sp³-hybridized carbons (Fsp3) is 0.438. The molecule has 3 N–H and O–H groups in total. The second kappa shape index (κ2) is 8.89. The van der Waals surface area contributed by atoms with Crippen molar-refractivity contribution in [1.82, 2.24) is 10.2 Å². The molecule has 1 aromatic carbocycles. The van der Waals surface area contributed by atoms with Crippen molar-refractivity contribution in [2.75, 3.05) is 14.1 Å². The third-order valence-corrected chi connectivity index (χ3v) is 3.54. The molecule has 1 aromatic rings. The van der Waals surface area contributed by atoms with Gasteiger partial charge >= 0.3 is 5.97 Å². The maximum atomic E-state index is 12.0. The normalized spacial score (nSPS) is 19.1. The van der Waals surface area contributed by atoms with Gasteiger partial charge in [0.1, 0.15) is 0 Å².